The number of hydrogen-bond donors (Lipinski definition) is 1. The Hall–Kier alpha value is -2.08. The van der Waals surface area contributed by atoms with Crippen LogP contribution in [0.1, 0.15) is 24.0 Å². The molecule has 2 aliphatic rings. The van der Waals surface area contributed by atoms with E-state index >= 15 is 0 Å². The fourth-order valence-corrected chi connectivity index (χ4v) is 3.92. The number of likely N-dealkylation sites (N-methyl/N-ethyl adjacent to an activating group) is 1. The molecule has 1 aromatic carbocycles. The molecule has 1 N–H and O–H groups in total. The van der Waals surface area contributed by atoms with Crippen molar-refractivity contribution >= 4 is 11.9 Å². The monoisotopic (exact) mass is 372 g/mol. The zero-order valence-corrected chi connectivity index (χ0v) is 16.8. The van der Waals surface area contributed by atoms with E-state index in [0.717, 1.165) is 51.3 Å². The predicted molar refractivity (Wildman–Crippen MR) is 108 cm³/mol. The maximum atomic E-state index is 12.0. The van der Waals surface area contributed by atoms with E-state index in [1.54, 1.807) is 26.1 Å². The van der Waals surface area contributed by atoms with Crippen molar-refractivity contribution < 1.29 is 9.53 Å². The quantitative estimate of drug-likeness (QED) is 0.629. The molecular formula is C21H32N4O2. The van der Waals surface area contributed by atoms with E-state index < -0.39 is 0 Å². The second kappa shape index (κ2) is 9.22. The Morgan fingerprint density at radius 2 is 2.07 bits per heavy atom. The molecule has 0 aromatic heterocycles. The van der Waals surface area contributed by atoms with Gasteiger partial charge < -0.3 is 19.9 Å². The van der Waals surface area contributed by atoms with Gasteiger partial charge in [0.1, 0.15) is 6.54 Å². The van der Waals surface area contributed by atoms with Gasteiger partial charge in [0, 0.05) is 46.3 Å². The first-order valence-electron chi connectivity index (χ1n) is 9.88. The summed E-state index contributed by atoms with van der Waals surface area (Å²) in [7, 11) is 5.30. The van der Waals surface area contributed by atoms with E-state index in [9.17, 15) is 4.79 Å². The molecular weight excluding hydrogens is 340 g/mol. The van der Waals surface area contributed by atoms with E-state index in [4.69, 9.17) is 4.74 Å². The van der Waals surface area contributed by atoms with E-state index in [0.29, 0.717) is 12.0 Å². The highest BCUT2D eigenvalue weighted by molar-refractivity contribution is 5.85. The lowest BCUT2D eigenvalue weighted by Gasteiger charge is -2.30. The zero-order chi connectivity index (χ0) is 19.2. The van der Waals surface area contributed by atoms with Gasteiger partial charge in [0.25, 0.3) is 0 Å². The van der Waals surface area contributed by atoms with Crippen molar-refractivity contribution in [1.82, 2.24) is 15.1 Å². The van der Waals surface area contributed by atoms with Crippen molar-refractivity contribution in [2.75, 3.05) is 47.4 Å². The first-order valence-corrected chi connectivity index (χ1v) is 9.88. The first-order chi connectivity index (χ1) is 13.1. The lowest BCUT2D eigenvalue weighted by atomic mass is 9.88. The van der Waals surface area contributed by atoms with Gasteiger partial charge in [-0.15, -0.1) is 0 Å². The summed E-state index contributed by atoms with van der Waals surface area (Å²) >= 11 is 0. The summed E-state index contributed by atoms with van der Waals surface area (Å²) in [5.74, 6) is 1.42. The smallest absolute Gasteiger partial charge is 0.243 e. The van der Waals surface area contributed by atoms with Gasteiger partial charge in [-0.1, -0.05) is 24.3 Å². The van der Waals surface area contributed by atoms with Crippen LogP contribution >= 0.6 is 0 Å². The third-order valence-corrected chi connectivity index (χ3v) is 5.53. The predicted octanol–water partition coefficient (Wildman–Crippen LogP) is 1.55. The summed E-state index contributed by atoms with van der Waals surface area (Å²) in [6.07, 6.45) is 4.28. The molecule has 1 fully saturated rings. The van der Waals surface area contributed by atoms with Gasteiger partial charge in [-0.2, -0.15) is 0 Å². The molecule has 0 spiro atoms. The number of nitrogens with one attached hydrogen (secondary N) is 1. The number of carbonyl (C=O) groups is 1. The molecule has 1 heterocycles. The summed E-state index contributed by atoms with van der Waals surface area (Å²) < 4.78 is 5.32. The van der Waals surface area contributed by atoms with Crippen molar-refractivity contribution in [1.29, 1.82) is 0 Å². The normalized spacial score (nSPS) is 22.5. The minimum Gasteiger partial charge on any atom is -0.384 e. The topological polar surface area (TPSA) is 57.2 Å². The number of nitrogens with zero attached hydrogens (tertiary/aromatic N) is 3. The minimum atomic E-state index is 0.0240. The maximum absolute atomic E-state index is 12.0. The van der Waals surface area contributed by atoms with Gasteiger partial charge in [0.2, 0.25) is 5.91 Å². The highest BCUT2D eigenvalue weighted by atomic mass is 16.5. The van der Waals surface area contributed by atoms with Gasteiger partial charge in [0.15, 0.2) is 5.96 Å². The second-order valence-corrected chi connectivity index (χ2v) is 7.84. The molecule has 1 amide bonds. The molecule has 1 aliphatic heterocycles. The number of hydrogen-bond acceptors (Lipinski definition) is 3. The third kappa shape index (κ3) is 5.22. The number of ether oxygens (including phenoxy) is 1. The molecule has 0 radical (unpaired) electrons. The number of likely N-dealkylation sites (tertiary alicyclic amines) is 1. The highest BCUT2D eigenvalue weighted by Crippen LogP contribution is 2.22. The summed E-state index contributed by atoms with van der Waals surface area (Å²) in [6, 6.07) is 9.04. The van der Waals surface area contributed by atoms with Crippen LogP contribution in [-0.4, -0.2) is 75.2 Å². The average molecular weight is 373 g/mol. The number of fused-ring (bicyclic) bond motifs is 1. The molecule has 6 heteroatoms. The van der Waals surface area contributed by atoms with E-state index in [1.165, 1.54) is 11.1 Å². The Morgan fingerprint density at radius 3 is 2.81 bits per heavy atom. The molecule has 148 valence electrons. The van der Waals surface area contributed by atoms with Crippen molar-refractivity contribution in [2.45, 2.75) is 31.7 Å². The van der Waals surface area contributed by atoms with Gasteiger partial charge in [-0.05, 0) is 36.8 Å². The molecule has 1 saturated heterocycles. The zero-order valence-electron chi connectivity index (χ0n) is 16.8. The lowest BCUT2D eigenvalue weighted by Crippen LogP contribution is -2.47. The van der Waals surface area contributed by atoms with Gasteiger partial charge in [-0.25, -0.2) is 4.99 Å². The average Bonchev–Trinajstić information content (AvgIpc) is 3.13. The Kier molecular flexibility index (Phi) is 6.72. The van der Waals surface area contributed by atoms with Gasteiger partial charge in [-0.3, -0.25) is 4.79 Å². The van der Waals surface area contributed by atoms with E-state index in [1.807, 2.05) is 0 Å². The molecule has 27 heavy (non-hydrogen) atoms. The molecule has 2 unspecified atom stereocenters. The first kappa shape index (κ1) is 19.7. The summed E-state index contributed by atoms with van der Waals surface area (Å²) in [6.45, 7) is 2.85. The molecule has 0 saturated carbocycles. The fraction of sp³-hybridized carbons (Fsp3) is 0.619. The molecule has 6 nitrogen and oxygen atoms in total. The number of methoxy groups -OCH3 is 1. The SMILES string of the molecule is COCC1CCN(C(=NCC(=O)N(C)C)NC2CCc3ccccc3C2)C1. The van der Waals surface area contributed by atoms with Crippen LogP contribution < -0.4 is 5.32 Å². The van der Waals surface area contributed by atoms with Crippen LogP contribution in [0.3, 0.4) is 0 Å². The number of aliphatic imine (C=N–C) groups is 1. The van der Waals surface area contributed by atoms with Crippen molar-refractivity contribution in [3.8, 4) is 0 Å². The van der Waals surface area contributed by atoms with Crippen molar-refractivity contribution in [3.63, 3.8) is 0 Å². The third-order valence-electron chi connectivity index (χ3n) is 5.53. The number of benzene rings is 1. The maximum Gasteiger partial charge on any atom is 0.243 e. The Morgan fingerprint density at radius 1 is 1.30 bits per heavy atom. The number of carbonyl (C=O) groups excluding carboxylic acids is 1. The standard InChI is InChI=1S/C21H32N4O2/c1-24(2)20(26)13-22-21(25-11-10-16(14-25)15-27-3)23-19-9-8-17-6-4-5-7-18(17)12-19/h4-7,16,19H,8-15H2,1-3H3,(H,22,23). The highest BCUT2D eigenvalue weighted by Gasteiger charge is 2.27. The minimum absolute atomic E-state index is 0.0240. The van der Waals surface area contributed by atoms with Crippen molar-refractivity contribution in [3.05, 3.63) is 35.4 Å². The van der Waals surface area contributed by atoms with E-state index in [2.05, 4.69) is 39.5 Å². The summed E-state index contributed by atoms with van der Waals surface area (Å²) in [5, 5.41) is 3.66. The Bertz CT molecular complexity index is 674. The van der Waals surface area contributed by atoms with Crippen LogP contribution in [0.25, 0.3) is 0 Å². The molecule has 1 aliphatic carbocycles. The largest absolute Gasteiger partial charge is 0.384 e. The van der Waals surface area contributed by atoms with Crippen LogP contribution in [-0.2, 0) is 22.4 Å². The van der Waals surface area contributed by atoms with E-state index in [-0.39, 0.29) is 12.5 Å². The lowest BCUT2D eigenvalue weighted by molar-refractivity contribution is -0.127. The number of guanidine groups is 1. The van der Waals surface area contributed by atoms with Gasteiger partial charge in [0.05, 0.1) is 6.61 Å². The van der Waals surface area contributed by atoms with Crippen molar-refractivity contribution in [2.24, 2.45) is 10.9 Å². The summed E-state index contributed by atoms with van der Waals surface area (Å²) in [5.41, 5.74) is 2.88. The molecule has 1 aromatic rings. The van der Waals surface area contributed by atoms with Crippen LogP contribution in [0.4, 0.5) is 0 Å². The van der Waals surface area contributed by atoms with Crippen LogP contribution in [0.5, 0.6) is 0 Å². The molecule has 0 bridgehead atoms. The Balaban J connectivity index is 1.68. The number of rotatable bonds is 5. The number of amides is 1. The Labute approximate surface area is 162 Å². The van der Waals surface area contributed by atoms with Crippen LogP contribution in [0.2, 0.25) is 0 Å². The second-order valence-electron chi connectivity index (χ2n) is 7.84. The van der Waals surface area contributed by atoms with Gasteiger partial charge >= 0.3 is 0 Å². The molecule has 3 rings (SSSR count). The van der Waals surface area contributed by atoms with Crippen LogP contribution in [0.15, 0.2) is 29.3 Å². The van der Waals surface area contributed by atoms with Crippen LogP contribution in [0, 0.1) is 5.92 Å². The molecule has 2 atom stereocenters. The number of aryl methyl sites for hydroxylation is 1. The fourth-order valence-electron chi connectivity index (χ4n) is 3.92. The summed E-state index contributed by atoms with van der Waals surface area (Å²) in [4.78, 5) is 20.6.